The van der Waals surface area contributed by atoms with Crippen molar-refractivity contribution in [3.8, 4) is 11.1 Å². The van der Waals surface area contributed by atoms with Crippen LogP contribution in [-0.4, -0.2) is 112 Å². The first-order valence-electron chi connectivity index (χ1n) is 21.9. The monoisotopic (exact) mass is 893 g/mol. The summed E-state index contributed by atoms with van der Waals surface area (Å²) in [4.78, 5) is 87.0. The standard InChI is InChI=1S/C26H30N4O3.C21H26BrN3O3/c1-18-17-29(25(33)7-10-26(21-5-6-21)23(31)16-24(32)28-26)13-14-30(18)22-4-2-3-20(15-22)19-8-11-27-12-9-19;1-14-13-24(9-10-25(14)17-4-2-3-16(22)11-17)20(28)7-8-21(15-5-6-15)18(26)12-19(27)23-21/h2-4,8-9,11-12,15,18,21H,5-7,10,13-14,16-17H2,1H3,(H,28,32);2-4,11,14-15H,5-10,12-13H2,1H3,(H,23,27)/t18-,26?;14-,21?/m00/s1. The van der Waals surface area contributed by atoms with E-state index in [1.807, 2.05) is 34.1 Å². The maximum absolute atomic E-state index is 13.0. The van der Waals surface area contributed by atoms with Crippen molar-refractivity contribution < 1.29 is 28.8 Å². The number of hydrogen-bond acceptors (Lipinski definition) is 9. The van der Waals surface area contributed by atoms with Crippen molar-refractivity contribution >= 4 is 62.5 Å². The smallest absolute Gasteiger partial charge is 0.228 e. The number of piperazine rings is 2. The number of benzene rings is 2. The molecule has 14 heteroatoms. The number of Topliss-reactive ketones (excluding diaryl/α,β-unsaturated/α-hetero) is 2. The van der Waals surface area contributed by atoms with Crippen LogP contribution in [-0.2, 0) is 28.8 Å². The van der Waals surface area contributed by atoms with E-state index < -0.39 is 11.1 Å². The zero-order valence-electron chi connectivity index (χ0n) is 35.1. The van der Waals surface area contributed by atoms with Gasteiger partial charge in [0.2, 0.25) is 23.6 Å². The van der Waals surface area contributed by atoms with Gasteiger partial charge < -0.3 is 30.2 Å². The van der Waals surface area contributed by atoms with Crippen LogP contribution in [0.5, 0.6) is 0 Å². The molecular formula is C47H56BrN7O6. The van der Waals surface area contributed by atoms with Gasteiger partial charge in [0.1, 0.15) is 11.1 Å². The van der Waals surface area contributed by atoms with Crippen LogP contribution in [0.1, 0.15) is 78.1 Å². The number of ketones is 2. The van der Waals surface area contributed by atoms with E-state index in [1.165, 1.54) is 0 Å². The summed E-state index contributed by atoms with van der Waals surface area (Å²) >= 11 is 3.52. The number of carbonyl (C=O) groups is 6. The molecule has 2 aromatic carbocycles. The Hall–Kier alpha value is -5.11. The summed E-state index contributed by atoms with van der Waals surface area (Å²) in [6, 6.07) is 21.1. The molecule has 2 aliphatic carbocycles. The highest BCUT2D eigenvalue weighted by atomic mass is 79.9. The van der Waals surface area contributed by atoms with Crippen LogP contribution < -0.4 is 20.4 Å². The Balaban J connectivity index is 0.000000171. The molecule has 6 fully saturated rings. The van der Waals surface area contributed by atoms with Gasteiger partial charge in [-0.15, -0.1) is 0 Å². The van der Waals surface area contributed by atoms with Crippen LogP contribution >= 0.6 is 15.9 Å². The van der Waals surface area contributed by atoms with Crippen molar-refractivity contribution in [1.29, 1.82) is 0 Å². The molecule has 61 heavy (non-hydrogen) atoms. The van der Waals surface area contributed by atoms with Crippen molar-refractivity contribution in [3.63, 3.8) is 0 Å². The Bertz CT molecular complexity index is 2180. The molecule has 2 saturated carbocycles. The van der Waals surface area contributed by atoms with E-state index in [0.29, 0.717) is 51.9 Å². The third-order valence-corrected chi connectivity index (χ3v) is 14.2. The van der Waals surface area contributed by atoms with Crippen LogP contribution in [0.15, 0.2) is 77.5 Å². The van der Waals surface area contributed by atoms with E-state index in [9.17, 15) is 28.8 Å². The second-order valence-corrected chi connectivity index (χ2v) is 18.7. The van der Waals surface area contributed by atoms with Crippen molar-refractivity contribution in [2.75, 3.05) is 49.1 Å². The molecule has 4 amide bonds. The number of pyridine rings is 1. The Morgan fingerprint density at radius 2 is 1.13 bits per heavy atom. The predicted molar refractivity (Wildman–Crippen MR) is 236 cm³/mol. The fourth-order valence-electron chi connectivity index (χ4n) is 10.1. The molecular weight excluding hydrogens is 838 g/mol. The van der Waals surface area contributed by atoms with E-state index >= 15 is 0 Å². The first-order valence-corrected chi connectivity index (χ1v) is 22.7. The normalized spacial score (nSPS) is 26.5. The summed E-state index contributed by atoms with van der Waals surface area (Å²) in [5, 5.41) is 5.83. The number of hydrogen-bond donors (Lipinski definition) is 2. The average molecular weight is 895 g/mol. The Morgan fingerprint density at radius 3 is 1.56 bits per heavy atom. The highest BCUT2D eigenvalue weighted by molar-refractivity contribution is 9.10. The number of nitrogens with zero attached hydrogens (tertiary/aromatic N) is 5. The van der Waals surface area contributed by atoms with Gasteiger partial charge in [-0.1, -0.05) is 34.1 Å². The Labute approximate surface area is 366 Å². The third kappa shape index (κ3) is 9.24. The van der Waals surface area contributed by atoms with Gasteiger partial charge in [-0.3, -0.25) is 33.8 Å². The molecule has 13 nitrogen and oxygen atoms in total. The lowest BCUT2D eigenvalue weighted by Crippen LogP contribution is -2.54. The zero-order valence-corrected chi connectivity index (χ0v) is 36.7. The Morgan fingerprint density at radius 1 is 0.656 bits per heavy atom. The summed E-state index contributed by atoms with van der Waals surface area (Å²) in [5.74, 6) is 0.113. The molecule has 3 aromatic rings. The summed E-state index contributed by atoms with van der Waals surface area (Å²) < 4.78 is 1.05. The molecule has 2 unspecified atom stereocenters. The lowest BCUT2D eigenvalue weighted by molar-refractivity contribution is -0.134. The van der Waals surface area contributed by atoms with E-state index in [1.54, 1.807) is 12.4 Å². The van der Waals surface area contributed by atoms with Crippen molar-refractivity contribution in [2.24, 2.45) is 11.8 Å². The topological polar surface area (TPSA) is 152 Å². The molecule has 322 valence electrons. The molecule has 4 aliphatic heterocycles. The minimum atomic E-state index is -0.798. The zero-order chi connectivity index (χ0) is 42.9. The van der Waals surface area contributed by atoms with Gasteiger partial charge in [-0.05, 0) is 118 Å². The lowest BCUT2D eigenvalue weighted by Gasteiger charge is -2.41. The number of halogens is 1. The molecule has 0 radical (unpaired) electrons. The molecule has 0 spiro atoms. The van der Waals surface area contributed by atoms with Crippen LogP contribution in [0.25, 0.3) is 11.1 Å². The fraction of sp³-hybridized carbons (Fsp3) is 0.511. The van der Waals surface area contributed by atoms with E-state index in [-0.39, 0.29) is 72.0 Å². The first-order chi connectivity index (χ1) is 29.3. The van der Waals surface area contributed by atoms with Crippen LogP contribution in [0.2, 0.25) is 0 Å². The number of rotatable bonds is 11. The minimum Gasteiger partial charge on any atom is -0.365 e. The maximum Gasteiger partial charge on any atom is 0.228 e. The van der Waals surface area contributed by atoms with E-state index in [0.717, 1.165) is 65.7 Å². The molecule has 1 aromatic heterocycles. The van der Waals surface area contributed by atoms with Crippen LogP contribution in [0.3, 0.4) is 0 Å². The number of anilines is 2. The minimum absolute atomic E-state index is 0.0272. The van der Waals surface area contributed by atoms with Gasteiger partial charge >= 0.3 is 0 Å². The quantitative estimate of drug-likeness (QED) is 0.244. The molecule has 4 saturated heterocycles. The fourth-order valence-corrected chi connectivity index (χ4v) is 10.5. The van der Waals surface area contributed by atoms with Crippen molar-refractivity contribution in [3.05, 3.63) is 77.5 Å². The largest absolute Gasteiger partial charge is 0.365 e. The number of carbonyl (C=O) groups excluding carboxylic acids is 6. The van der Waals surface area contributed by atoms with E-state index in [4.69, 9.17) is 0 Å². The number of amides is 4. The number of nitrogens with one attached hydrogen (secondary N) is 2. The van der Waals surface area contributed by atoms with Gasteiger partial charge in [-0.25, -0.2) is 0 Å². The molecule has 5 heterocycles. The average Bonchev–Trinajstić information content (AvgIpc) is 4.20. The number of aromatic nitrogens is 1. The lowest BCUT2D eigenvalue weighted by atomic mass is 9.85. The molecule has 0 bridgehead atoms. The predicted octanol–water partition coefficient (Wildman–Crippen LogP) is 5.31. The van der Waals surface area contributed by atoms with Gasteiger partial charge in [0, 0.05) is 92.4 Å². The second kappa shape index (κ2) is 17.7. The van der Waals surface area contributed by atoms with Gasteiger partial charge in [-0.2, -0.15) is 0 Å². The summed E-state index contributed by atoms with van der Waals surface area (Å²) in [6.07, 6.45) is 8.81. The Kier molecular flexibility index (Phi) is 12.4. The molecule has 2 N–H and O–H groups in total. The summed E-state index contributed by atoms with van der Waals surface area (Å²) in [5.41, 5.74) is 3.00. The molecule has 6 aliphatic rings. The van der Waals surface area contributed by atoms with Gasteiger partial charge in [0.15, 0.2) is 11.6 Å². The van der Waals surface area contributed by atoms with Crippen LogP contribution in [0, 0.1) is 11.8 Å². The van der Waals surface area contributed by atoms with Crippen molar-refractivity contribution in [2.45, 2.75) is 101 Å². The molecule has 9 rings (SSSR count). The highest BCUT2D eigenvalue weighted by Gasteiger charge is 2.56. The summed E-state index contributed by atoms with van der Waals surface area (Å²) in [7, 11) is 0. The second-order valence-electron chi connectivity index (χ2n) is 17.8. The highest BCUT2D eigenvalue weighted by Crippen LogP contribution is 2.46. The van der Waals surface area contributed by atoms with Crippen LogP contribution in [0.4, 0.5) is 11.4 Å². The summed E-state index contributed by atoms with van der Waals surface area (Å²) in [6.45, 7) is 8.46. The first kappa shape index (κ1) is 42.6. The SMILES string of the molecule is C[C@H]1CN(C(=O)CCC2(C3CC3)NC(=O)CC2=O)CCN1c1cccc(-c2ccncc2)c1.C[C@H]1CN(C(=O)CCC2(C3CC3)NC(=O)CC2=O)CCN1c1cccc(Br)c1. The van der Waals surface area contributed by atoms with E-state index in [2.05, 4.69) is 91.6 Å². The maximum atomic E-state index is 13.0. The third-order valence-electron chi connectivity index (χ3n) is 13.7. The van der Waals surface area contributed by atoms with Crippen molar-refractivity contribution in [1.82, 2.24) is 25.4 Å². The molecule has 4 atom stereocenters. The van der Waals surface area contributed by atoms with Gasteiger partial charge in [0.25, 0.3) is 0 Å². The van der Waals surface area contributed by atoms with Gasteiger partial charge in [0.05, 0.1) is 12.8 Å².